The van der Waals surface area contributed by atoms with Gasteiger partial charge in [0.05, 0.1) is 19.5 Å². The number of phosphoric acid groups is 1. The molecule has 0 bridgehead atoms. The predicted molar refractivity (Wildman–Crippen MR) is 228 cm³/mol. The van der Waals surface area contributed by atoms with Crippen LogP contribution in [-0.4, -0.2) is 43.3 Å². The van der Waals surface area contributed by atoms with Gasteiger partial charge in [-0.1, -0.05) is 170 Å². The molecule has 8 nitrogen and oxygen atoms in total. The molecular formula is C45H78NO7P. The lowest BCUT2D eigenvalue weighted by Gasteiger charge is -2.19. The SMILES string of the molecule is CC/C=C\C/C=C\C/C=C\C/C=C\C/C=C\C/C=C\CCC(=O)OC(COC=CCCCCCCCCCCCCCCCC)COP(=O)(O)OCCN. The molecule has 0 radical (unpaired) electrons. The van der Waals surface area contributed by atoms with Gasteiger partial charge in [0.25, 0.3) is 0 Å². The summed E-state index contributed by atoms with van der Waals surface area (Å²) in [7, 11) is -4.32. The number of esters is 1. The minimum absolute atomic E-state index is 0.00220. The predicted octanol–water partition coefficient (Wildman–Crippen LogP) is 12.9. The van der Waals surface area contributed by atoms with E-state index >= 15 is 0 Å². The van der Waals surface area contributed by atoms with Crippen molar-refractivity contribution in [1.82, 2.24) is 0 Å². The molecule has 310 valence electrons. The van der Waals surface area contributed by atoms with Crippen molar-refractivity contribution in [3.63, 3.8) is 0 Å². The summed E-state index contributed by atoms with van der Waals surface area (Å²) in [6.45, 7) is 4.03. The minimum Gasteiger partial charge on any atom is -0.498 e. The smallest absolute Gasteiger partial charge is 0.472 e. The van der Waals surface area contributed by atoms with Gasteiger partial charge in [0, 0.05) is 13.0 Å². The van der Waals surface area contributed by atoms with Gasteiger partial charge in [-0.25, -0.2) is 4.57 Å². The summed E-state index contributed by atoms with van der Waals surface area (Å²) in [5, 5.41) is 0. The van der Waals surface area contributed by atoms with E-state index in [4.69, 9.17) is 24.3 Å². The molecular weight excluding hydrogens is 697 g/mol. The Labute approximate surface area is 330 Å². The van der Waals surface area contributed by atoms with Crippen LogP contribution in [0, 0.1) is 0 Å². The Morgan fingerprint density at radius 2 is 1.06 bits per heavy atom. The van der Waals surface area contributed by atoms with Crippen molar-refractivity contribution in [1.29, 1.82) is 0 Å². The number of hydrogen-bond donors (Lipinski definition) is 2. The number of nitrogens with two attached hydrogens (primary N) is 1. The Hall–Kier alpha value is -2.48. The standard InChI is InChI=1S/C45H78NO7P/c1-3-5-7-9-11-13-15-17-19-21-22-23-24-26-28-30-32-34-36-38-45(47)53-44(43-52-54(48,49)51-41-39-46)42-50-40-37-35-33-31-29-27-25-20-18-16-14-12-10-8-6-4-2/h5,7,11,13,17,19,22-23,26,28,32,34,37,40,44H,3-4,6,8-10,12,14-16,18,20-21,24-25,27,29-31,33,35-36,38-39,41-43,46H2,1-2H3,(H,48,49)/b7-5-,13-11-,19-17-,23-22-,28-26-,34-32-,40-37?. The highest BCUT2D eigenvalue weighted by Crippen LogP contribution is 2.43. The molecule has 0 aromatic carbocycles. The Balaban J connectivity index is 4.25. The van der Waals surface area contributed by atoms with E-state index < -0.39 is 19.9 Å². The molecule has 9 heteroatoms. The average molecular weight is 776 g/mol. The van der Waals surface area contributed by atoms with E-state index in [2.05, 4.69) is 74.6 Å². The van der Waals surface area contributed by atoms with Crippen LogP contribution in [0.1, 0.15) is 162 Å². The van der Waals surface area contributed by atoms with Crippen molar-refractivity contribution in [2.45, 2.75) is 168 Å². The van der Waals surface area contributed by atoms with Crippen LogP contribution >= 0.6 is 7.82 Å². The number of phosphoric ester groups is 1. The molecule has 0 fully saturated rings. The van der Waals surface area contributed by atoms with Gasteiger partial charge in [0.1, 0.15) is 6.61 Å². The first-order chi connectivity index (χ1) is 26.4. The molecule has 0 saturated heterocycles. The Morgan fingerprint density at radius 1 is 0.593 bits per heavy atom. The van der Waals surface area contributed by atoms with Gasteiger partial charge < -0.3 is 20.1 Å². The minimum atomic E-state index is -4.32. The van der Waals surface area contributed by atoms with Gasteiger partial charge in [0.2, 0.25) is 0 Å². The van der Waals surface area contributed by atoms with E-state index in [-0.39, 0.29) is 32.8 Å². The fourth-order valence-electron chi connectivity index (χ4n) is 5.34. The number of carbonyl (C=O) groups excluding carboxylic acids is 1. The first kappa shape index (κ1) is 51.5. The fourth-order valence-corrected chi connectivity index (χ4v) is 6.11. The summed E-state index contributed by atoms with van der Waals surface area (Å²) >= 11 is 0. The number of hydrogen-bond acceptors (Lipinski definition) is 7. The molecule has 0 aliphatic carbocycles. The largest absolute Gasteiger partial charge is 0.498 e. The Bertz CT molecular complexity index is 1100. The average Bonchev–Trinajstić information content (AvgIpc) is 3.16. The summed E-state index contributed by atoms with van der Waals surface area (Å²) in [5.41, 5.74) is 5.35. The summed E-state index contributed by atoms with van der Waals surface area (Å²) < 4.78 is 33.1. The first-order valence-electron chi connectivity index (χ1n) is 21.1. The zero-order valence-corrected chi connectivity index (χ0v) is 35.1. The van der Waals surface area contributed by atoms with Crippen LogP contribution < -0.4 is 5.73 Å². The highest BCUT2D eigenvalue weighted by atomic mass is 31.2. The number of ether oxygens (including phenoxy) is 2. The third-order valence-electron chi connectivity index (χ3n) is 8.40. The molecule has 0 heterocycles. The van der Waals surface area contributed by atoms with Crippen molar-refractivity contribution >= 4 is 13.8 Å². The summed E-state index contributed by atoms with van der Waals surface area (Å²) in [4.78, 5) is 22.4. The molecule has 2 atom stereocenters. The molecule has 54 heavy (non-hydrogen) atoms. The molecule has 0 rings (SSSR count). The van der Waals surface area contributed by atoms with E-state index in [9.17, 15) is 14.3 Å². The third-order valence-corrected chi connectivity index (χ3v) is 9.39. The second-order valence-electron chi connectivity index (χ2n) is 13.5. The molecule has 0 saturated carbocycles. The van der Waals surface area contributed by atoms with Gasteiger partial charge >= 0.3 is 13.8 Å². The van der Waals surface area contributed by atoms with Crippen LogP contribution in [0.15, 0.2) is 85.3 Å². The van der Waals surface area contributed by atoms with E-state index in [1.807, 2.05) is 18.2 Å². The van der Waals surface area contributed by atoms with Crippen molar-refractivity contribution in [2.75, 3.05) is 26.4 Å². The normalized spacial score (nSPS) is 14.3. The fraction of sp³-hybridized carbons (Fsp3) is 0.667. The summed E-state index contributed by atoms with van der Waals surface area (Å²) in [5.74, 6) is -0.436. The molecule has 2 unspecified atom stereocenters. The molecule has 0 amide bonds. The van der Waals surface area contributed by atoms with Crippen molar-refractivity contribution in [3.8, 4) is 0 Å². The maximum absolute atomic E-state index is 12.5. The van der Waals surface area contributed by atoms with Gasteiger partial charge in [-0.15, -0.1) is 0 Å². The number of unbranched alkanes of at least 4 members (excludes halogenated alkanes) is 14. The van der Waals surface area contributed by atoms with Crippen molar-refractivity contribution in [2.24, 2.45) is 5.73 Å². The van der Waals surface area contributed by atoms with Crippen LogP contribution in [0.4, 0.5) is 0 Å². The number of rotatable bonds is 39. The number of carbonyl (C=O) groups is 1. The third kappa shape index (κ3) is 40.7. The van der Waals surface area contributed by atoms with Gasteiger partial charge in [0.15, 0.2) is 6.10 Å². The molecule has 3 N–H and O–H groups in total. The van der Waals surface area contributed by atoms with Crippen molar-refractivity contribution in [3.05, 3.63) is 85.3 Å². The van der Waals surface area contributed by atoms with E-state index in [0.717, 1.165) is 51.4 Å². The van der Waals surface area contributed by atoms with E-state index in [1.54, 1.807) is 6.26 Å². The summed E-state index contributed by atoms with van der Waals surface area (Å²) in [6, 6.07) is 0. The first-order valence-corrected chi connectivity index (χ1v) is 22.6. The highest BCUT2D eigenvalue weighted by Gasteiger charge is 2.25. The van der Waals surface area contributed by atoms with Gasteiger partial charge in [-0.2, -0.15) is 0 Å². The van der Waals surface area contributed by atoms with Crippen LogP contribution in [0.25, 0.3) is 0 Å². The lowest BCUT2D eigenvalue weighted by Crippen LogP contribution is -2.27. The van der Waals surface area contributed by atoms with Crippen LogP contribution in [0.2, 0.25) is 0 Å². The zero-order chi connectivity index (χ0) is 39.5. The molecule has 0 aromatic heterocycles. The maximum atomic E-state index is 12.5. The van der Waals surface area contributed by atoms with Crippen LogP contribution in [0.5, 0.6) is 0 Å². The Kier molecular flexibility index (Phi) is 39.8. The molecule has 0 aromatic rings. The van der Waals surface area contributed by atoms with Crippen molar-refractivity contribution < 1.29 is 32.8 Å². The lowest BCUT2D eigenvalue weighted by molar-refractivity contribution is -0.153. The monoisotopic (exact) mass is 776 g/mol. The quantitative estimate of drug-likeness (QED) is 0.0208. The topological polar surface area (TPSA) is 117 Å². The van der Waals surface area contributed by atoms with Gasteiger partial charge in [-0.3, -0.25) is 13.8 Å². The summed E-state index contributed by atoms with van der Waals surface area (Å²) in [6.07, 6.45) is 54.2. The number of allylic oxidation sites excluding steroid dienone is 13. The maximum Gasteiger partial charge on any atom is 0.472 e. The molecule has 0 spiro atoms. The second kappa shape index (κ2) is 41.7. The van der Waals surface area contributed by atoms with Crippen LogP contribution in [0.3, 0.4) is 0 Å². The van der Waals surface area contributed by atoms with E-state index in [1.165, 1.54) is 83.5 Å². The zero-order valence-electron chi connectivity index (χ0n) is 34.2. The molecule has 0 aliphatic rings. The van der Waals surface area contributed by atoms with Crippen LogP contribution in [-0.2, 0) is 27.9 Å². The molecule has 0 aliphatic heterocycles. The Morgan fingerprint density at radius 3 is 1.54 bits per heavy atom. The lowest BCUT2D eigenvalue weighted by atomic mass is 10.0. The van der Waals surface area contributed by atoms with E-state index in [0.29, 0.717) is 6.42 Å². The highest BCUT2D eigenvalue weighted by molar-refractivity contribution is 7.47. The van der Waals surface area contributed by atoms with Gasteiger partial charge in [-0.05, 0) is 63.9 Å². The second-order valence-corrected chi connectivity index (χ2v) is 15.0.